The number of hydrogen-bond donors (Lipinski definition) is 2. The Hall–Kier alpha value is -4.06. The lowest BCUT2D eigenvalue weighted by atomic mass is 9.90. The lowest BCUT2D eigenvalue weighted by Gasteiger charge is -2.27. The number of rotatable bonds is 6. The van der Waals surface area contributed by atoms with E-state index in [0.717, 1.165) is 38.9 Å². The highest BCUT2D eigenvalue weighted by atomic mass is 32.1. The molecule has 0 aliphatic carbocycles. The van der Waals surface area contributed by atoms with Gasteiger partial charge < -0.3 is 20.5 Å². The zero-order valence-corrected chi connectivity index (χ0v) is 24.3. The first kappa shape index (κ1) is 26.8. The maximum Gasteiger partial charge on any atom is 0.164 e. The normalized spacial score (nSPS) is 21.5. The minimum Gasteiger partial charge on any atom is -0.508 e. The lowest BCUT2D eigenvalue weighted by Crippen LogP contribution is -2.35. The van der Waals surface area contributed by atoms with Gasteiger partial charge in [0.05, 0.1) is 41.3 Å². The zero-order valence-electron chi connectivity index (χ0n) is 23.4. The number of morpholine rings is 1. The van der Waals surface area contributed by atoms with Crippen molar-refractivity contribution in [2.45, 2.75) is 32.5 Å². The van der Waals surface area contributed by atoms with Crippen LogP contribution in [0.25, 0.3) is 28.0 Å². The fourth-order valence-electron chi connectivity index (χ4n) is 6.42. The van der Waals surface area contributed by atoms with Crippen molar-refractivity contribution in [2.75, 3.05) is 32.0 Å². The summed E-state index contributed by atoms with van der Waals surface area (Å²) in [4.78, 5) is 16.1. The molecule has 216 valence electrons. The van der Waals surface area contributed by atoms with Crippen LogP contribution >= 0.6 is 11.3 Å². The van der Waals surface area contributed by atoms with E-state index in [4.69, 9.17) is 15.6 Å². The number of aromatic hydroxyl groups is 1. The van der Waals surface area contributed by atoms with Crippen molar-refractivity contribution in [1.29, 1.82) is 0 Å². The van der Waals surface area contributed by atoms with Gasteiger partial charge in [-0.3, -0.25) is 4.90 Å². The van der Waals surface area contributed by atoms with E-state index in [1.54, 1.807) is 0 Å². The maximum absolute atomic E-state index is 14.3. The Morgan fingerprint density at radius 1 is 1.17 bits per heavy atom. The van der Waals surface area contributed by atoms with Crippen molar-refractivity contribution in [3.05, 3.63) is 82.2 Å². The molecule has 4 aromatic rings. The minimum absolute atomic E-state index is 0.174. The van der Waals surface area contributed by atoms with E-state index in [9.17, 15) is 9.50 Å². The van der Waals surface area contributed by atoms with Gasteiger partial charge in [0, 0.05) is 48.3 Å². The Morgan fingerprint density at radius 3 is 2.81 bits per heavy atom. The fraction of sp³-hybridized carbons (Fsp3) is 0.323. The average molecular weight is 586 g/mol. The van der Waals surface area contributed by atoms with Crippen molar-refractivity contribution < 1.29 is 14.2 Å². The van der Waals surface area contributed by atoms with Gasteiger partial charge in [0.25, 0.3) is 0 Å². The number of halogens is 1. The molecule has 0 saturated carbocycles. The third kappa shape index (κ3) is 4.57. The van der Waals surface area contributed by atoms with Gasteiger partial charge in [-0.1, -0.05) is 19.1 Å². The van der Waals surface area contributed by atoms with Crippen molar-refractivity contribution >= 4 is 33.9 Å². The molecule has 3 unspecified atom stereocenters. The number of aromatic nitrogens is 4. The van der Waals surface area contributed by atoms with E-state index < -0.39 is 5.82 Å². The molecular formula is C31H32FN7O2S. The Bertz CT molecular complexity index is 1730. The van der Waals surface area contributed by atoms with E-state index in [1.165, 1.54) is 39.5 Å². The van der Waals surface area contributed by atoms with Gasteiger partial charge in [-0.15, -0.1) is 11.3 Å². The van der Waals surface area contributed by atoms with Crippen LogP contribution in [-0.4, -0.2) is 67.0 Å². The molecule has 42 heavy (non-hydrogen) atoms. The molecule has 1 saturated heterocycles. The number of nitrogens with zero attached hydrogens (tertiary/aromatic N) is 6. The summed E-state index contributed by atoms with van der Waals surface area (Å²) in [6.45, 7) is 8.72. The molecule has 7 rings (SSSR count). The van der Waals surface area contributed by atoms with Crippen molar-refractivity contribution in [1.82, 2.24) is 29.5 Å². The first-order chi connectivity index (χ1) is 20.4. The van der Waals surface area contributed by atoms with Gasteiger partial charge in [0.1, 0.15) is 29.4 Å². The topological polar surface area (TPSA) is 106 Å². The summed E-state index contributed by atoms with van der Waals surface area (Å²) >= 11 is 1.82. The molecule has 0 radical (unpaired) electrons. The molecule has 0 amide bonds. The van der Waals surface area contributed by atoms with Gasteiger partial charge in [-0.2, -0.15) is 5.10 Å². The molecule has 11 heteroatoms. The summed E-state index contributed by atoms with van der Waals surface area (Å²) in [5.74, 6) is -0.320. The van der Waals surface area contributed by atoms with Crippen molar-refractivity contribution in [2.24, 2.45) is 5.92 Å². The van der Waals surface area contributed by atoms with E-state index in [0.29, 0.717) is 22.3 Å². The highest BCUT2D eigenvalue weighted by Crippen LogP contribution is 2.48. The van der Waals surface area contributed by atoms with Crippen LogP contribution in [0.15, 0.2) is 66.7 Å². The molecule has 1 fully saturated rings. The molecule has 3 N–H and O–H groups in total. The third-order valence-electron chi connectivity index (χ3n) is 8.39. The van der Waals surface area contributed by atoms with E-state index >= 15 is 0 Å². The summed E-state index contributed by atoms with van der Waals surface area (Å²) in [6.07, 6.45) is 10.0. The number of benzene rings is 1. The molecule has 0 bridgehead atoms. The van der Waals surface area contributed by atoms with Crippen LogP contribution in [0.3, 0.4) is 0 Å². The van der Waals surface area contributed by atoms with E-state index in [2.05, 4.69) is 70.2 Å². The second kappa shape index (κ2) is 10.6. The van der Waals surface area contributed by atoms with Crippen molar-refractivity contribution in [3.8, 4) is 17.0 Å². The number of ether oxygens (including phenoxy) is 1. The molecule has 6 heterocycles. The molecule has 3 aliphatic rings. The molecular weight excluding hydrogens is 553 g/mol. The number of anilines is 1. The van der Waals surface area contributed by atoms with Crippen LogP contribution in [0.1, 0.15) is 29.6 Å². The molecule has 3 aliphatic heterocycles. The average Bonchev–Trinajstić information content (AvgIpc) is 3.68. The van der Waals surface area contributed by atoms with Crippen molar-refractivity contribution in [3.63, 3.8) is 0 Å². The van der Waals surface area contributed by atoms with Gasteiger partial charge in [-0.05, 0) is 42.8 Å². The molecule has 3 atom stereocenters. The molecule has 1 aromatic carbocycles. The maximum atomic E-state index is 14.3. The van der Waals surface area contributed by atoms with Crippen LogP contribution in [0.2, 0.25) is 0 Å². The predicted molar refractivity (Wildman–Crippen MR) is 162 cm³/mol. The van der Waals surface area contributed by atoms with Crippen LogP contribution in [-0.2, 0) is 11.3 Å². The SMILES string of the molecule is CC1C(C(C)n2nc(-c3cc(O)cc(F)c3)c3c(N)ncnc32)=C(c2ccc(CN3CCOCC3)s2)N2C=CC=CC12. The number of nitrogen functional groups attached to an aromatic ring is 1. The Morgan fingerprint density at radius 2 is 2.00 bits per heavy atom. The van der Waals surface area contributed by atoms with E-state index in [1.807, 2.05) is 16.0 Å². The Labute approximate surface area is 247 Å². The fourth-order valence-corrected chi connectivity index (χ4v) is 7.54. The summed E-state index contributed by atoms with van der Waals surface area (Å²) < 4.78 is 21.7. The minimum atomic E-state index is -0.563. The molecule has 9 nitrogen and oxygen atoms in total. The number of phenols is 1. The summed E-state index contributed by atoms with van der Waals surface area (Å²) in [6, 6.07) is 8.31. The highest BCUT2D eigenvalue weighted by molar-refractivity contribution is 7.13. The highest BCUT2D eigenvalue weighted by Gasteiger charge is 2.41. The van der Waals surface area contributed by atoms with Gasteiger partial charge in [-0.25, -0.2) is 19.0 Å². The zero-order chi connectivity index (χ0) is 29.0. The number of nitrogens with two attached hydrogens (primary N) is 1. The number of fused-ring (bicyclic) bond motifs is 2. The quantitative estimate of drug-likeness (QED) is 0.319. The number of thiophene rings is 1. The Kier molecular flexibility index (Phi) is 6.80. The van der Waals surface area contributed by atoms with Crippen LogP contribution in [0, 0.1) is 11.7 Å². The summed E-state index contributed by atoms with van der Waals surface area (Å²) in [7, 11) is 0. The smallest absolute Gasteiger partial charge is 0.164 e. The van der Waals surface area contributed by atoms with Gasteiger partial charge >= 0.3 is 0 Å². The largest absolute Gasteiger partial charge is 0.508 e. The second-order valence-corrected chi connectivity index (χ2v) is 12.2. The van der Waals surface area contributed by atoms with Gasteiger partial charge in [0.2, 0.25) is 0 Å². The monoisotopic (exact) mass is 585 g/mol. The number of allylic oxidation sites excluding steroid dienone is 2. The Balaban J connectivity index is 1.35. The second-order valence-electron chi connectivity index (χ2n) is 11.0. The summed E-state index contributed by atoms with van der Waals surface area (Å²) in [5.41, 5.74) is 10.2. The predicted octanol–water partition coefficient (Wildman–Crippen LogP) is 5.19. The standard InChI is InChI=1S/C31H32FN7O2S/c1-18-24-5-3-4-8-38(24)29(25-7-6-23(42-25)16-37-9-11-41-12-10-37)26(18)19(2)39-31-27(30(33)34-17-35-31)28(36-39)20-13-21(32)15-22(40)14-20/h3-8,13-15,17-19,24,40H,9-12,16H2,1-2H3,(H2,33,34,35). The first-order valence-electron chi connectivity index (χ1n) is 14.1. The van der Waals surface area contributed by atoms with E-state index in [-0.39, 0.29) is 29.6 Å². The summed E-state index contributed by atoms with van der Waals surface area (Å²) in [5, 5.41) is 15.6. The number of phenolic OH excluding ortho intramolecular Hbond substituents is 1. The van der Waals surface area contributed by atoms with Crippen LogP contribution in [0.5, 0.6) is 5.75 Å². The van der Waals surface area contributed by atoms with Crippen LogP contribution < -0.4 is 5.73 Å². The molecule has 0 spiro atoms. The molecule has 3 aromatic heterocycles. The van der Waals surface area contributed by atoms with Gasteiger partial charge in [0.15, 0.2) is 5.65 Å². The first-order valence-corrected chi connectivity index (χ1v) is 15.0. The number of hydrogen-bond acceptors (Lipinski definition) is 9. The lowest BCUT2D eigenvalue weighted by molar-refractivity contribution is 0.0346. The van der Waals surface area contributed by atoms with Crippen LogP contribution in [0.4, 0.5) is 10.2 Å². The third-order valence-corrected chi connectivity index (χ3v) is 9.47.